The van der Waals surface area contributed by atoms with Gasteiger partial charge in [0.25, 0.3) is 11.8 Å². The molecule has 0 saturated carbocycles. The van der Waals surface area contributed by atoms with Crippen LogP contribution in [0.2, 0.25) is 0 Å². The quantitative estimate of drug-likeness (QED) is 0.865. The third-order valence-electron chi connectivity index (χ3n) is 4.67. The fourth-order valence-corrected chi connectivity index (χ4v) is 3.50. The van der Waals surface area contributed by atoms with Gasteiger partial charge in [-0.2, -0.15) is 0 Å². The molecule has 0 spiro atoms. The number of pyridine rings is 1. The van der Waals surface area contributed by atoms with Crippen LogP contribution in [-0.2, 0) is 4.79 Å². The first-order valence-electron chi connectivity index (χ1n) is 8.18. The first-order chi connectivity index (χ1) is 11.7. The van der Waals surface area contributed by atoms with Gasteiger partial charge in [-0.25, -0.2) is 4.99 Å². The van der Waals surface area contributed by atoms with E-state index in [1.165, 1.54) is 5.57 Å². The highest BCUT2D eigenvalue weighted by molar-refractivity contribution is 6.14. The summed E-state index contributed by atoms with van der Waals surface area (Å²) in [5.41, 5.74) is 4.05. The van der Waals surface area contributed by atoms with Crippen LogP contribution in [0.4, 0.5) is 0 Å². The van der Waals surface area contributed by atoms with Gasteiger partial charge in [0, 0.05) is 35.1 Å². The Morgan fingerprint density at radius 3 is 2.83 bits per heavy atom. The molecule has 3 aliphatic rings. The molecule has 0 fully saturated rings. The first kappa shape index (κ1) is 14.8. The van der Waals surface area contributed by atoms with Crippen molar-refractivity contribution in [2.24, 2.45) is 10.9 Å². The lowest BCUT2D eigenvalue weighted by molar-refractivity contribution is -0.117. The van der Waals surface area contributed by atoms with E-state index in [0.29, 0.717) is 11.3 Å². The molecular formula is C19H17N3O2. The lowest BCUT2D eigenvalue weighted by Gasteiger charge is -2.33. The summed E-state index contributed by atoms with van der Waals surface area (Å²) < 4.78 is 0. The lowest BCUT2D eigenvalue weighted by Crippen LogP contribution is -2.37. The molecule has 1 aromatic heterocycles. The Hall–Kier alpha value is -2.82. The van der Waals surface area contributed by atoms with Gasteiger partial charge >= 0.3 is 0 Å². The van der Waals surface area contributed by atoms with Crippen molar-refractivity contribution in [2.45, 2.75) is 25.7 Å². The molecule has 1 aliphatic heterocycles. The summed E-state index contributed by atoms with van der Waals surface area (Å²) in [7, 11) is 0. The summed E-state index contributed by atoms with van der Waals surface area (Å²) in [5.74, 6) is -0.192. The number of carbonyl (C=O) groups is 2. The Morgan fingerprint density at radius 1 is 1.21 bits per heavy atom. The van der Waals surface area contributed by atoms with Crippen molar-refractivity contribution in [3.8, 4) is 0 Å². The largest absolute Gasteiger partial charge is 0.325 e. The average Bonchev–Trinajstić information content (AvgIpc) is 2.62. The van der Waals surface area contributed by atoms with Crippen LogP contribution in [0.3, 0.4) is 0 Å². The highest BCUT2D eigenvalue weighted by Gasteiger charge is 2.33. The number of hydrogen-bond donors (Lipinski definition) is 1. The highest BCUT2D eigenvalue weighted by atomic mass is 16.2. The summed E-state index contributed by atoms with van der Waals surface area (Å²) in [6, 6.07) is 3.27. The molecule has 2 aliphatic carbocycles. The molecule has 0 aromatic carbocycles. The second kappa shape index (κ2) is 6.00. The zero-order valence-electron chi connectivity index (χ0n) is 13.2. The van der Waals surface area contributed by atoms with Crippen LogP contribution < -0.4 is 5.32 Å². The zero-order chi connectivity index (χ0) is 16.5. The summed E-state index contributed by atoms with van der Waals surface area (Å²) >= 11 is 0. The minimum atomic E-state index is -0.313. The van der Waals surface area contributed by atoms with Crippen molar-refractivity contribution < 1.29 is 9.59 Å². The number of carbonyl (C=O) groups excluding carboxylic acids is 2. The van der Waals surface area contributed by atoms with Crippen LogP contribution in [-0.4, -0.2) is 22.5 Å². The summed E-state index contributed by atoms with van der Waals surface area (Å²) in [6.45, 7) is 0. The van der Waals surface area contributed by atoms with Crippen molar-refractivity contribution in [3.05, 3.63) is 65.2 Å². The Labute approximate surface area is 139 Å². The maximum atomic E-state index is 12.3. The second-order valence-electron chi connectivity index (χ2n) is 6.18. The summed E-state index contributed by atoms with van der Waals surface area (Å²) in [5, 5.41) is 2.97. The maximum Gasteiger partial charge on any atom is 0.277 e. The second-order valence-corrected chi connectivity index (χ2v) is 6.18. The average molecular weight is 319 g/mol. The van der Waals surface area contributed by atoms with Gasteiger partial charge in [-0.1, -0.05) is 6.08 Å². The molecule has 0 saturated heterocycles. The molecule has 120 valence electrons. The summed E-state index contributed by atoms with van der Waals surface area (Å²) in [4.78, 5) is 32.5. The molecule has 5 heteroatoms. The molecule has 0 radical (unpaired) electrons. The van der Waals surface area contributed by atoms with Crippen molar-refractivity contribution in [1.82, 2.24) is 10.3 Å². The predicted molar refractivity (Wildman–Crippen MR) is 90.4 cm³/mol. The van der Waals surface area contributed by atoms with Crippen LogP contribution in [0.15, 0.2) is 64.6 Å². The number of nitrogens with one attached hydrogen (secondary N) is 1. The number of allylic oxidation sites excluding steroid dienone is 3. The van der Waals surface area contributed by atoms with Gasteiger partial charge in [0.05, 0.1) is 5.71 Å². The number of amides is 2. The lowest BCUT2D eigenvalue weighted by atomic mass is 9.77. The van der Waals surface area contributed by atoms with Crippen LogP contribution in [0.5, 0.6) is 0 Å². The molecule has 1 atom stereocenters. The molecule has 2 heterocycles. The monoisotopic (exact) mass is 319 g/mol. The van der Waals surface area contributed by atoms with E-state index in [9.17, 15) is 9.59 Å². The first-order valence-corrected chi connectivity index (χ1v) is 8.18. The Kier molecular flexibility index (Phi) is 3.69. The Balaban J connectivity index is 1.63. The molecule has 1 aromatic rings. The Bertz CT molecular complexity index is 831. The van der Waals surface area contributed by atoms with Crippen LogP contribution >= 0.6 is 0 Å². The van der Waals surface area contributed by atoms with Gasteiger partial charge < -0.3 is 5.32 Å². The number of nitrogens with zero attached hydrogens (tertiary/aromatic N) is 2. The van der Waals surface area contributed by atoms with Gasteiger partial charge in [0.1, 0.15) is 0 Å². The third kappa shape index (κ3) is 2.62. The van der Waals surface area contributed by atoms with Crippen molar-refractivity contribution in [1.29, 1.82) is 0 Å². The fraction of sp³-hybridized carbons (Fsp3) is 0.263. The van der Waals surface area contributed by atoms with Gasteiger partial charge in [-0.3, -0.25) is 14.6 Å². The predicted octanol–water partition coefficient (Wildman–Crippen LogP) is 2.73. The van der Waals surface area contributed by atoms with Gasteiger partial charge in [-0.15, -0.1) is 0 Å². The number of aliphatic imine (C=N–C) groups is 1. The molecule has 4 rings (SSSR count). The van der Waals surface area contributed by atoms with E-state index >= 15 is 0 Å². The number of rotatable bonds is 1. The number of fused-ring (bicyclic) bond motifs is 2. The molecule has 2 amide bonds. The number of hydrogen-bond acceptors (Lipinski definition) is 3. The van der Waals surface area contributed by atoms with E-state index in [1.807, 2.05) is 12.2 Å². The minimum Gasteiger partial charge on any atom is -0.325 e. The van der Waals surface area contributed by atoms with Gasteiger partial charge in [0.15, 0.2) is 0 Å². The molecule has 0 bridgehead atoms. The zero-order valence-corrected chi connectivity index (χ0v) is 13.2. The summed E-state index contributed by atoms with van der Waals surface area (Å²) in [6.07, 6.45) is 12.9. The van der Waals surface area contributed by atoms with Crippen LogP contribution in [0.25, 0.3) is 0 Å². The minimum absolute atomic E-state index is 0.00214. The molecule has 24 heavy (non-hydrogen) atoms. The van der Waals surface area contributed by atoms with Crippen LogP contribution in [0, 0.1) is 5.92 Å². The van der Waals surface area contributed by atoms with Crippen molar-refractivity contribution in [3.63, 3.8) is 0 Å². The fourth-order valence-electron chi connectivity index (χ4n) is 3.50. The van der Waals surface area contributed by atoms with E-state index in [4.69, 9.17) is 0 Å². The topological polar surface area (TPSA) is 71.4 Å². The van der Waals surface area contributed by atoms with E-state index in [0.717, 1.165) is 37.0 Å². The smallest absolute Gasteiger partial charge is 0.277 e. The molecular weight excluding hydrogens is 302 g/mol. The van der Waals surface area contributed by atoms with E-state index in [2.05, 4.69) is 15.3 Å². The highest BCUT2D eigenvalue weighted by Crippen LogP contribution is 2.38. The molecule has 1 unspecified atom stereocenters. The standard InChI is InChI=1S/C19H17N3O2/c23-18(12-7-9-20-10-8-12)21-13-5-6-15-14-3-1-2-4-16(14)19(24)22-17(15)11-13/h5-11,15H,1-4H2,(H,22,24). The maximum absolute atomic E-state index is 12.3. The van der Waals surface area contributed by atoms with E-state index in [-0.39, 0.29) is 17.7 Å². The number of aromatic nitrogens is 1. The van der Waals surface area contributed by atoms with Crippen molar-refractivity contribution >= 4 is 17.5 Å². The van der Waals surface area contributed by atoms with E-state index in [1.54, 1.807) is 30.6 Å². The van der Waals surface area contributed by atoms with Crippen molar-refractivity contribution in [2.75, 3.05) is 0 Å². The SMILES string of the molecule is O=C1NC2=CC(=NC(=O)c3ccncc3)C=CC2C2=C1CCCC2. The molecule has 5 nitrogen and oxygen atoms in total. The van der Waals surface area contributed by atoms with Gasteiger partial charge in [0.2, 0.25) is 0 Å². The van der Waals surface area contributed by atoms with Gasteiger partial charge in [-0.05, 0) is 55.5 Å². The normalized spacial score (nSPS) is 24.2. The van der Waals surface area contributed by atoms with Crippen LogP contribution in [0.1, 0.15) is 36.0 Å². The Morgan fingerprint density at radius 2 is 2.00 bits per heavy atom. The molecule has 1 N–H and O–H groups in total. The third-order valence-corrected chi connectivity index (χ3v) is 4.67. The van der Waals surface area contributed by atoms with E-state index < -0.39 is 0 Å².